The molecule has 112 valence electrons. The third kappa shape index (κ3) is 3.56. The van der Waals surface area contributed by atoms with Crippen LogP contribution in [0.15, 0.2) is 29.2 Å². The first kappa shape index (κ1) is 16.6. The molecule has 0 radical (unpaired) electrons. The Morgan fingerprint density at radius 3 is 2.20 bits per heavy atom. The van der Waals surface area contributed by atoms with Crippen molar-refractivity contribution in [2.75, 3.05) is 0 Å². The summed E-state index contributed by atoms with van der Waals surface area (Å²) in [7, 11) is -3.93. The van der Waals surface area contributed by atoms with Gasteiger partial charge in [-0.2, -0.15) is 0 Å². The number of aromatic carboxylic acids is 1. The molecule has 1 aromatic rings. The average Bonchev–Trinajstić information content (AvgIpc) is 2.26. The van der Waals surface area contributed by atoms with E-state index in [1.807, 2.05) is 0 Å². The van der Waals surface area contributed by atoms with E-state index in [4.69, 9.17) is 5.11 Å². The Kier molecular flexibility index (Phi) is 4.28. The van der Waals surface area contributed by atoms with E-state index in [1.54, 1.807) is 13.8 Å². The summed E-state index contributed by atoms with van der Waals surface area (Å²) < 4.78 is 26.9. The Hall–Kier alpha value is -1.44. The third-order valence-electron chi connectivity index (χ3n) is 3.31. The number of carboxylic acids is 1. The summed E-state index contributed by atoms with van der Waals surface area (Å²) in [5.41, 5.74) is -2.52. The molecule has 0 amide bonds. The van der Waals surface area contributed by atoms with Crippen molar-refractivity contribution in [2.45, 2.75) is 43.7 Å². The van der Waals surface area contributed by atoms with Gasteiger partial charge in [-0.3, -0.25) is 0 Å². The van der Waals surface area contributed by atoms with E-state index >= 15 is 0 Å². The zero-order chi connectivity index (χ0) is 15.8. The number of sulfonamides is 1. The lowest BCUT2D eigenvalue weighted by Crippen LogP contribution is -2.57. The number of nitrogens with one attached hydrogen (secondary N) is 1. The van der Waals surface area contributed by atoms with Gasteiger partial charge in [0.15, 0.2) is 0 Å². The van der Waals surface area contributed by atoms with Gasteiger partial charge in [-0.1, -0.05) is 6.07 Å². The van der Waals surface area contributed by atoms with Gasteiger partial charge in [-0.15, -0.1) is 0 Å². The summed E-state index contributed by atoms with van der Waals surface area (Å²) in [6, 6.07) is 5.04. The second-order valence-electron chi connectivity index (χ2n) is 5.62. The highest BCUT2D eigenvalue weighted by Crippen LogP contribution is 2.23. The van der Waals surface area contributed by atoms with Crippen LogP contribution in [0.3, 0.4) is 0 Å². The number of aliphatic hydroxyl groups is 1. The van der Waals surface area contributed by atoms with Crippen LogP contribution < -0.4 is 4.72 Å². The van der Waals surface area contributed by atoms with Gasteiger partial charge in [0, 0.05) is 0 Å². The predicted molar refractivity (Wildman–Crippen MR) is 74.1 cm³/mol. The smallest absolute Gasteiger partial charge is 0.335 e. The molecule has 0 bridgehead atoms. The van der Waals surface area contributed by atoms with Crippen molar-refractivity contribution in [3.05, 3.63) is 29.8 Å². The van der Waals surface area contributed by atoms with Crippen molar-refractivity contribution in [1.29, 1.82) is 0 Å². The summed E-state index contributed by atoms with van der Waals surface area (Å²) in [6.07, 6.45) is 0. The lowest BCUT2D eigenvalue weighted by molar-refractivity contribution is 0.00638. The van der Waals surface area contributed by atoms with Gasteiger partial charge in [0.25, 0.3) is 0 Å². The minimum atomic E-state index is -3.93. The summed E-state index contributed by atoms with van der Waals surface area (Å²) in [5, 5.41) is 18.9. The van der Waals surface area contributed by atoms with Crippen LogP contribution >= 0.6 is 0 Å². The summed E-state index contributed by atoms with van der Waals surface area (Å²) in [4.78, 5) is 10.7. The van der Waals surface area contributed by atoms with Gasteiger partial charge >= 0.3 is 5.97 Å². The van der Waals surface area contributed by atoms with Crippen LogP contribution in [0, 0.1) is 0 Å². The molecule has 6 nitrogen and oxygen atoms in total. The van der Waals surface area contributed by atoms with Crippen LogP contribution in [0.2, 0.25) is 0 Å². The summed E-state index contributed by atoms with van der Waals surface area (Å²) in [5.74, 6) is -1.20. The molecule has 0 fully saturated rings. The topological polar surface area (TPSA) is 104 Å². The van der Waals surface area contributed by atoms with E-state index in [0.29, 0.717) is 0 Å². The van der Waals surface area contributed by atoms with Crippen molar-refractivity contribution in [2.24, 2.45) is 0 Å². The molecule has 0 aliphatic heterocycles. The quantitative estimate of drug-likeness (QED) is 0.758. The molecule has 0 aromatic heterocycles. The molecule has 7 heteroatoms. The maximum atomic E-state index is 12.3. The average molecular weight is 301 g/mol. The molecular formula is C13H19NO5S. The van der Waals surface area contributed by atoms with E-state index in [1.165, 1.54) is 32.0 Å². The van der Waals surface area contributed by atoms with Crippen LogP contribution in [-0.4, -0.2) is 35.7 Å². The second kappa shape index (κ2) is 5.16. The molecule has 1 rings (SSSR count). The standard InChI is InChI=1S/C13H19NO5S/c1-12(2,13(3,4)17)14-20(18,19)10-7-5-6-9(8-10)11(15)16/h5-8,14,17H,1-4H3,(H,15,16). The Morgan fingerprint density at radius 2 is 1.75 bits per heavy atom. The number of hydrogen-bond acceptors (Lipinski definition) is 4. The van der Waals surface area contributed by atoms with E-state index in [2.05, 4.69) is 4.72 Å². The zero-order valence-electron chi connectivity index (χ0n) is 11.8. The first-order valence-corrected chi connectivity index (χ1v) is 7.45. The van der Waals surface area contributed by atoms with Gasteiger partial charge in [0.2, 0.25) is 10.0 Å². The van der Waals surface area contributed by atoms with Crippen LogP contribution in [0.1, 0.15) is 38.1 Å². The Balaban J connectivity index is 3.19. The SMILES string of the molecule is CC(C)(O)C(C)(C)NS(=O)(=O)c1cccc(C(=O)O)c1. The minimum absolute atomic E-state index is 0.117. The van der Waals surface area contributed by atoms with Crippen molar-refractivity contribution in [3.63, 3.8) is 0 Å². The molecule has 3 N–H and O–H groups in total. The number of hydrogen-bond donors (Lipinski definition) is 3. The van der Waals surface area contributed by atoms with E-state index in [0.717, 1.165) is 6.07 Å². The van der Waals surface area contributed by atoms with Gasteiger partial charge in [0.05, 0.1) is 21.6 Å². The molecule has 0 aliphatic carbocycles. The molecule has 0 unspecified atom stereocenters. The van der Waals surface area contributed by atoms with E-state index in [-0.39, 0.29) is 10.5 Å². The van der Waals surface area contributed by atoms with E-state index < -0.39 is 27.1 Å². The maximum Gasteiger partial charge on any atom is 0.335 e. The zero-order valence-corrected chi connectivity index (χ0v) is 12.7. The maximum absolute atomic E-state index is 12.3. The first-order chi connectivity index (χ1) is 8.87. The van der Waals surface area contributed by atoms with Gasteiger partial charge in [-0.05, 0) is 45.9 Å². The fraction of sp³-hybridized carbons (Fsp3) is 0.462. The number of rotatable bonds is 5. The lowest BCUT2D eigenvalue weighted by atomic mass is 9.87. The van der Waals surface area contributed by atoms with E-state index in [9.17, 15) is 18.3 Å². The molecule has 0 aliphatic rings. The van der Waals surface area contributed by atoms with Crippen LogP contribution in [0.25, 0.3) is 0 Å². The number of benzene rings is 1. The lowest BCUT2D eigenvalue weighted by Gasteiger charge is -2.37. The van der Waals surface area contributed by atoms with Gasteiger partial charge < -0.3 is 10.2 Å². The van der Waals surface area contributed by atoms with Gasteiger partial charge in [0.1, 0.15) is 0 Å². The monoisotopic (exact) mass is 301 g/mol. The molecule has 0 heterocycles. The Labute approximate surface area is 118 Å². The number of carboxylic acid groups (broad SMARTS) is 1. The Bertz CT molecular complexity index is 614. The molecule has 0 saturated heterocycles. The fourth-order valence-electron chi connectivity index (χ4n) is 1.32. The normalized spacial score (nSPS) is 13.2. The Morgan fingerprint density at radius 1 is 1.20 bits per heavy atom. The fourth-order valence-corrected chi connectivity index (χ4v) is 2.90. The second-order valence-corrected chi connectivity index (χ2v) is 7.30. The molecule has 0 spiro atoms. The highest BCUT2D eigenvalue weighted by Gasteiger charge is 2.38. The highest BCUT2D eigenvalue weighted by molar-refractivity contribution is 7.89. The summed E-state index contributed by atoms with van der Waals surface area (Å²) in [6.45, 7) is 6.07. The molecular weight excluding hydrogens is 282 g/mol. The van der Waals surface area contributed by atoms with Crippen LogP contribution in [0.5, 0.6) is 0 Å². The third-order valence-corrected chi connectivity index (χ3v) is 4.96. The molecule has 1 aromatic carbocycles. The molecule has 0 saturated carbocycles. The minimum Gasteiger partial charge on any atom is -0.478 e. The van der Waals surface area contributed by atoms with Crippen LogP contribution in [0.4, 0.5) is 0 Å². The molecule has 20 heavy (non-hydrogen) atoms. The van der Waals surface area contributed by atoms with Crippen LogP contribution in [-0.2, 0) is 10.0 Å². The van der Waals surface area contributed by atoms with Crippen molar-refractivity contribution in [1.82, 2.24) is 4.72 Å². The van der Waals surface area contributed by atoms with Crippen molar-refractivity contribution < 1.29 is 23.4 Å². The van der Waals surface area contributed by atoms with Crippen molar-refractivity contribution in [3.8, 4) is 0 Å². The predicted octanol–water partition coefficient (Wildman–Crippen LogP) is 1.21. The van der Waals surface area contributed by atoms with Gasteiger partial charge in [-0.25, -0.2) is 17.9 Å². The largest absolute Gasteiger partial charge is 0.478 e. The molecule has 0 atom stereocenters. The number of carbonyl (C=O) groups is 1. The highest BCUT2D eigenvalue weighted by atomic mass is 32.2. The summed E-state index contributed by atoms with van der Waals surface area (Å²) >= 11 is 0. The first-order valence-electron chi connectivity index (χ1n) is 5.96. The van der Waals surface area contributed by atoms with Crippen molar-refractivity contribution >= 4 is 16.0 Å².